The lowest BCUT2D eigenvalue weighted by atomic mass is 10.3. The summed E-state index contributed by atoms with van der Waals surface area (Å²) in [7, 11) is 1.61. The Morgan fingerprint density at radius 3 is 3.00 bits per heavy atom. The van der Waals surface area contributed by atoms with Gasteiger partial charge in [-0.2, -0.15) is 0 Å². The smallest absolute Gasteiger partial charge is 0.242 e. The molecule has 6 heteroatoms. The Labute approximate surface area is 108 Å². The average molecular weight is 270 g/mol. The molecule has 0 bridgehead atoms. The van der Waals surface area contributed by atoms with Crippen molar-refractivity contribution in [3.63, 3.8) is 0 Å². The van der Waals surface area contributed by atoms with Crippen LogP contribution in [-0.4, -0.2) is 24.0 Å². The van der Waals surface area contributed by atoms with Crippen LogP contribution in [0.5, 0.6) is 0 Å². The first kappa shape index (κ1) is 12.1. The van der Waals surface area contributed by atoms with Gasteiger partial charge in [0.2, 0.25) is 5.91 Å². The molecule has 90 valence electrons. The largest absolute Gasteiger partial charge is 0.357 e. The first-order valence-electron chi connectivity index (χ1n) is 5.14. The maximum atomic E-state index is 11.4. The van der Waals surface area contributed by atoms with Crippen LogP contribution in [-0.2, 0) is 4.79 Å². The van der Waals surface area contributed by atoms with Crippen LogP contribution in [0.4, 0.5) is 5.13 Å². The molecule has 1 atom stereocenters. The van der Waals surface area contributed by atoms with Gasteiger partial charge in [-0.1, -0.05) is 22.9 Å². The fourth-order valence-electron chi connectivity index (χ4n) is 1.43. The van der Waals surface area contributed by atoms with Crippen LogP contribution in [0.25, 0.3) is 10.2 Å². The number of hydrogen-bond donors (Lipinski definition) is 2. The van der Waals surface area contributed by atoms with Gasteiger partial charge in [-0.3, -0.25) is 4.79 Å². The number of benzene rings is 1. The number of likely N-dealkylation sites (N-methyl/N-ethyl adjacent to an activating group) is 1. The molecular formula is C11H12ClN3OS. The molecule has 1 aromatic heterocycles. The second-order valence-electron chi connectivity index (χ2n) is 3.61. The van der Waals surface area contributed by atoms with E-state index in [1.165, 1.54) is 11.3 Å². The fourth-order valence-corrected chi connectivity index (χ4v) is 2.66. The quantitative estimate of drug-likeness (QED) is 0.900. The van der Waals surface area contributed by atoms with E-state index in [0.29, 0.717) is 5.02 Å². The first-order valence-corrected chi connectivity index (χ1v) is 6.34. The number of rotatable bonds is 3. The molecular weight excluding hydrogens is 258 g/mol. The zero-order valence-electron chi connectivity index (χ0n) is 9.45. The summed E-state index contributed by atoms with van der Waals surface area (Å²) in [5.74, 6) is -0.0673. The van der Waals surface area contributed by atoms with Crippen molar-refractivity contribution in [1.29, 1.82) is 0 Å². The van der Waals surface area contributed by atoms with Crippen molar-refractivity contribution in [3.8, 4) is 0 Å². The Bertz CT molecular complexity index is 555. The topological polar surface area (TPSA) is 54.0 Å². The van der Waals surface area contributed by atoms with E-state index in [1.54, 1.807) is 20.0 Å². The van der Waals surface area contributed by atoms with Crippen LogP contribution in [0.1, 0.15) is 6.92 Å². The zero-order chi connectivity index (χ0) is 12.4. The number of fused-ring (bicyclic) bond motifs is 1. The highest BCUT2D eigenvalue weighted by Gasteiger charge is 2.12. The lowest BCUT2D eigenvalue weighted by Crippen LogP contribution is -2.35. The molecule has 0 aliphatic rings. The third-order valence-electron chi connectivity index (χ3n) is 2.33. The molecule has 0 spiro atoms. The van der Waals surface area contributed by atoms with E-state index < -0.39 is 0 Å². The highest BCUT2D eigenvalue weighted by atomic mass is 35.5. The number of halogens is 1. The molecule has 1 amide bonds. The second kappa shape index (κ2) is 4.89. The Hall–Kier alpha value is -1.33. The van der Waals surface area contributed by atoms with Crippen molar-refractivity contribution in [3.05, 3.63) is 23.2 Å². The minimum absolute atomic E-state index is 0.0673. The second-order valence-corrected chi connectivity index (χ2v) is 5.08. The third-order valence-corrected chi connectivity index (χ3v) is 3.51. The molecule has 0 radical (unpaired) electrons. The van der Waals surface area contributed by atoms with Crippen LogP contribution >= 0.6 is 22.9 Å². The van der Waals surface area contributed by atoms with E-state index in [2.05, 4.69) is 15.6 Å². The number of nitrogens with zero attached hydrogens (tertiary/aromatic N) is 1. The van der Waals surface area contributed by atoms with Crippen molar-refractivity contribution >= 4 is 44.2 Å². The lowest BCUT2D eigenvalue weighted by Gasteiger charge is -2.10. The molecule has 2 N–H and O–H groups in total. The van der Waals surface area contributed by atoms with Gasteiger partial charge in [0.05, 0.1) is 10.2 Å². The van der Waals surface area contributed by atoms with Crippen LogP contribution in [0.15, 0.2) is 18.2 Å². The highest BCUT2D eigenvalue weighted by molar-refractivity contribution is 7.22. The van der Waals surface area contributed by atoms with Crippen LogP contribution in [0.3, 0.4) is 0 Å². The number of carbonyl (C=O) groups excluding carboxylic acids is 1. The van der Waals surface area contributed by atoms with Crippen LogP contribution in [0.2, 0.25) is 5.02 Å². The summed E-state index contributed by atoms with van der Waals surface area (Å²) in [4.78, 5) is 15.7. The van der Waals surface area contributed by atoms with Gasteiger partial charge in [-0.05, 0) is 25.1 Å². The van der Waals surface area contributed by atoms with Gasteiger partial charge in [-0.15, -0.1) is 0 Å². The van der Waals surface area contributed by atoms with E-state index in [9.17, 15) is 4.79 Å². The fraction of sp³-hybridized carbons (Fsp3) is 0.273. The summed E-state index contributed by atoms with van der Waals surface area (Å²) >= 11 is 7.38. The molecule has 4 nitrogen and oxygen atoms in total. The molecule has 0 aliphatic carbocycles. The summed E-state index contributed by atoms with van der Waals surface area (Å²) in [6.45, 7) is 1.79. The molecule has 2 aromatic rings. The number of amides is 1. The minimum Gasteiger partial charge on any atom is -0.357 e. The van der Waals surface area contributed by atoms with E-state index >= 15 is 0 Å². The maximum absolute atomic E-state index is 11.4. The van der Waals surface area contributed by atoms with Crippen LogP contribution in [0, 0.1) is 0 Å². The first-order chi connectivity index (χ1) is 8.10. The van der Waals surface area contributed by atoms with E-state index in [4.69, 9.17) is 11.6 Å². The summed E-state index contributed by atoms with van der Waals surface area (Å²) in [5, 5.41) is 7.04. The van der Waals surface area contributed by atoms with Crippen molar-refractivity contribution in [2.75, 3.05) is 12.4 Å². The van der Waals surface area contributed by atoms with Gasteiger partial charge in [-0.25, -0.2) is 4.98 Å². The highest BCUT2D eigenvalue weighted by Crippen LogP contribution is 2.28. The maximum Gasteiger partial charge on any atom is 0.242 e. The Balaban J connectivity index is 2.22. The molecule has 1 heterocycles. The predicted molar refractivity (Wildman–Crippen MR) is 71.8 cm³/mol. The Kier molecular flexibility index (Phi) is 3.49. The molecule has 0 saturated heterocycles. The number of nitrogens with one attached hydrogen (secondary N) is 2. The normalized spacial score (nSPS) is 12.4. The van der Waals surface area contributed by atoms with Gasteiger partial charge in [0.15, 0.2) is 5.13 Å². The molecule has 0 aliphatic heterocycles. The van der Waals surface area contributed by atoms with Crippen molar-refractivity contribution < 1.29 is 4.79 Å². The summed E-state index contributed by atoms with van der Waals surface area (Å²) < 4.78 is 1.00. The van der Waals surface area contributed by atoms with Gasteiger partial charge in [0, 0.05) is 12.1 Å². The van der Waals surface area contributed by atoms with Gasteiger partial charge >= 0.3 is 0 Å². The Morgan fingerprint density at radius 1 is 1.53 bits per heavy atom. The number of thiazole rings is 1. The average Bonchev–Trinajstić information content (AvgIpc) is 2.69. The van der Waals surface area contributed by atoms with Gasteiger partial charge < -0.3 is 10.6 Å². The van der Waals surface area contributed by atoms with Crippen LogP contribution < -0.4 is 10.6 Å². The number of anilines is 1. The number of aromatic nitrogens is 1. The zero-order valence-corrected chi connectivity index (χ0v) is 11.0. The molecule has 0 fully saturated rings. The molecule has 2 rings (SSSR count). The van der Waals surface area contributed by atoms with Crippen molar-refractivity contribution in [1.82, 2.24) is 10.3 Å². The number of carbonyl (C=O) groups is 1. The molecule has 0 saturated carbocycles. The summed E-state index contributed by atoms with van der Waals surface area (Å²) in [5.41, 5.74) is 0.881. The Morgan fingerprint density at radius 2 is 2.29 bits per heavy atom. The SMILES string of the molecule is CNC(=O)C(C)Nc1nc2ccc(Cl)cc2s1. The predicted octanol–water partition coefficient (Wildman–Crippen LogP) is 2.50. The summed E-state index contributed by atoms with van der Waals surface area (Å²) in [6, 6.07) is 5.22. The van der Waals surface area contributed by atoms with E-state index in [0.717, 1.165) is 15.3 Å². The molecule has 1 unspecified atom stereocenters. The standard InChI is InChI=1S/C11H12ClN3OS/c1-6(10(16)13-2)14-11-15-8-4-3-7(12)5-9(8)17-11/h3-6H,1-2H3,(H,13,16)(H,14,15). The van der Waals surface area contributed by atoms with E-state index in [1.807, 2.05) is 12.1 Å². The molecule has 1 aromatic carbocycles. The minimum atomic E-state index is -0.309. The van der Waals surface area contributed by atoms with Crippen molar-refractivity contribution in [2.24, 2.45) is 0 Å². The third kappa shape index (κ3) is 2.68. The molecule has 17 heavy (non-hydrogen) atoms. The lowest BCUT2D eigenvalue weighted by molar-refractivity contribution is -0.121. The van der Waals surface area contributed by atoms with E-state index in [-0.39, 0.29) is 11.9 Å². The van der Waals surface area contributed by atoms with Gasteiger partial charge in [0.1, 0.15) is 6.04 Å². The summed E-state index contributed by atoms with van der Waals surface area (Å²) in [6.07, 6.45) is 0. The van der Waals surface area contributed by atoms with Gasteiger partial charge in [0.25, 0.3) is 0 Å². The number of hydrogen-bond acceptors (Lipinski definition) is 4. The van der Waals surface area contributed by atoms with Crippen molar-refractivity contribution in [2.45, 2.75) is 13.0 Å². The monoisotopic (exact) mass is 269 g/mol.